The standard InChI is InChI=1S/C23H19N3O/c27-23(19-11-13-21(14-12-19)26-16-6-15-24-26)25-22-10-5-4-9-20(22)17-18-7-2-1-3-8-18/h1-16H,17H2,(H,25,27). The molecule has 4 nitrogen and oxygen atoms in total. The van der Waals surface area contributed by atoms with Crippen molar-refractivity contribution in [2.24, 2.45) is 0 Å². The van der Waals surface area contributed by atoms with Crippen LogP contribution < -0.4 is 5.32 Å². The lowest BCUT2D eigenvalue weighted by Gasteiger charge is -2.12. The molecule has 0 unspecified atom stereocenters. The Labute approximate surface area is 158 Å². The van der Waals surface area contributed by atoms with Crippen LogP contribution in [0.25, 0.3) is 5.69 Å². The van der Waals surface area contributed by atoms with Crippen LogP contribution in [0.4, 0.5) is 5.69 Å². The van der Waals surface area contributed by atoms with Gasteiger partial charge in [0.25, 0.3) is 5.91 Å². The lowest BCUT2D eigenvalue weighted by atomic mass is 10.0. The van der Waals surface area contributed by atoms with Crippen molar-refractivity contribution in [3.05, 3.63) is 114 Å². The number of para-hydroxylation sites is 1. The molecule has 1 N–H and O–H groups in total. The van der Waals surface area contributed by atoms with Crippen molar-refractivity contribution in [1.29, 1.82) is 0 Å². The molecule has 0 radical (unpaired) electrons. The molecule has 0 atom stereocenters. The summed E-state index contributed by atoms with van der Waals surface area (Å²) in [5.74, 6) is -0.123. The van der Waals surface area contributed by atoms with Crippen molar-refractivity contribution in [1.82, 2.24) is 9.78 Å². The number of aromatic nitrogens is 2. The van der Waals surface area contributed by atoms with E-state index in [1.165, 1.54) is 5.56 Å². The smallest absolute Gasteiger partial charge is 0.255 e. The monoisotopic (exact) mass is 353 g/mol. The molecule has 3 aromatic carbocycles. The number of nitrogens with zero attached hydrogens (tertiary/aromatic N) is 2. The summed E-state index contributed by atoms with van der Waals surface area (Å²) in [5.41, 5.74) is 4.66. The normalized spacial score (nSPS) is 10.5. The zero-order valence-corrected chi connectivity index (χ0v) is 14.7. The van der Waals surface area contributed by atoms with Crippen LogP contribution in [0.5, 0.6) is 0 Å². The number of anilines is 1. The van der Waals surface area contributed by atoms with E-state index in [1.54, 1.807) is 10.9 Å². The molecular formula is C23H19N3O. The van der Waals surface area contributed by atoms with Crippen LogP contribution in [0.1, 0.15) is 21.5 Å². The van der Waals surface area contributed by atoms with E-state index in [9.17, 15) is 4.79 Å². The maximum absolute atomic E-state index is 12.7. The molecule has 4 heteroatoms. The van der Waals surface area contributed by atoms with Gasteiger partial charge in [0.15, 0.2) is 0 Å². The highest BCUT2D eigenvalue weighted by Gasteiger charge is 2.10. The quantitative estimate of drug-likeness (QED) is 0.564. The van der Waals surface area contributed by atoms with Gasteiger partial charge in [-0.1, -0.05) is 48.5 Å². The van der Waals surface area contributed by atoms with Crippen LogP contribution in [0.15, 0.2) is 97.3 Å². The minimum atomic E-state index is -0.123. The third-order valence-electron chi connectivity index (χ3n) is 4.40. The Morgan fingerprint density at radius 2 is 1.59 bits per heavy atom. The fourth-order valence-corrected chi connectivity index (χ4v) is 2.99. The number of carbonyl (C=O) groups excluding carboxylic acids is 1. The lowest BCUT2D eigenvalue weighted by Crippen LogP contribution is -2.13. The second-order valence-electron chi connectivity index (χ2n) is 6.27. The van der Waals surface area contributed by atoms with Crippen LogP contribution in [-0.2, 0) is 6.42 Å². The van der Waals surface area contributed by atoms with Gasteiger partial charge in [0.05, 0.1) is 5.69 Å². The first kappa shape index (κ1) is 16.8. The minimum absolute atomic E-state index is 0.123. The molecule has 0 saturated carbocycles. The van der Waals surface area contributed by atoms with E-state index in [4.69, 9.17) is 0 Å². The van der Waals surface area contributed by atoms with Gasteiger partial charge in [-0.3, -0.25) is 4.79 Å². The first-order chi connectivity index (χ1) is 13.3. The zero-order chi connectivity index (χ0) is 18.5. The zero-order valence-electron chi connectivity index (χ0n) is 14.7. The molecule has 132 valence electrons. The van der Waals surface area contributed by atoms with Gasteiger partial charge in [-0.15, -0.1) is 0 Å². The second-order valence-corrected chi connectivity index (χ2v) is 6.27. The maximum atomic E-state index is 12.7. The SMILES string of the molecule is O=C(Nc1ccccc1Cc1ccccc1)c1ccc(-n2cccn2)cc1. The van der Waals surface area contributed by atoms with Crippen molar-refractivity contribution >= 4 is 11.6 Å². The Bertz CT molecular complexity index is 1020. The number of carbonyl (C=O) groups is 1. The Balaban J connectivity index is 1.51. The van der Waals surface area contributed by atoms with Crippen LogP contribution >= 0.6 is 0 Å². The van der Waals surface area contributed by atoms with Gasteiger partial charge in [0.2, 0.25) is 0 Å². The summed E-state index contributed by atoms with van der Waals surface area (Å²) in [5, 5.41) is 7.24. The van der Waals surface area contributed by atoms with Gasteiger partial charge >= 0.3 is 0 Å². The van der Waals surface area contributed by atoms with E-state index in [2.05, 4.69) is 22.5 Å². The summed E-state index contributed by atoms with van der Waals surface area (Å²) in [6.45, 7) is 0. The van der Waals surface area contributed by atoms with Crippen molar-refractivity contribution in [3.8, 4) is 5.69 Å². The fourth-order valence-electron chi connectivity index (χ4n) is 2.99. The average Bonchev–Trinajstić information content (AvgIpc) is 3.25. The van der Waals surface area contributed by atoms with Crippen molar-refractivity contribution in [2.75, 3.05) is 5.32 Å². The molecule has 0 aliphatic heterocycles. The number of nitrogens with one attached hydrogen (secondary N) is 1. The van der Waals surface area contributed by atoms with Crippen molar-refractivity contribution in [2.45, 2.75) is 6.42 Å². The summed E-state index contributed by atoms with van der Waals surface area (Å²) >= 11 is 0. The molecule has 1 heterocycles. The van der Waals surface area contributed by atoms with Crippen LogP contribution in [0.3, 0.4) is 0 Å². The average molecular weight is 353 g/mol. The van der Waals surface area contributed by atoms with Crippen molar-refractivity contribution < 1.29 is 4.79 Å². The molecule has 0 spiro atoms. The number of hydrogen-bond donors (Lipinski definition) is 1. The van der Waals surface area contributed by atoms with Gasteiger partial charge in [-0.2, -0.15) is 5.10 Å². The molecule has 1 aromatic heterocycles. The third kappa shape index (κ3) is 3.96. The molecule has 0 fully saturated rings. The maximum Gasteiger partial charge on any atom is 0.255 e. The molecule has 1 amide bonds. The highest BCUT2D eigenvalue weighted by atomic mass is 16.1. The molecule has 4 rings (SSSR count). The summed E-state index contributed by atoms with van der Waals surface area (Å²) in [6, 6.07) is 27.4. The van der Waals surface area contributed by atoms with E-state index >= 15 is 0 Å². The topological polar surface area (TPSA) is 46.9 Å². The summed E-state index contributed by atoms with van der Waals surface area (Å²) < 4.78 is 1.76. The molecule has 4 aromatic rings. The minimum Gasteiger partial charge on any atom is -0.322 e. The molecular weight excluding hydrogens is 334 g/mol. The third-order valence-corrected chi connectivity index (χ3v) is 4.40. The molecule has 0 bridgehead atoms. The van der Waals surface area contributed by atoms with Gasteiger partial charge < -0.3 is 5.32 Å². The Kier molecular flexibility index (Phi) is 4.79. The van der Waals surface area contributed by atoms with Crippen LogP contribution in [-0.4, -0.2) is 15.7 Å². The lowest BCUT2D eigenvalue weighted by molar-refractivity contribution is 0.102. The van der Waals surface area contributed by atoms with E-state index in [1.807, 2.05) is 79.0 Å². The second kappa shape index (κ2) is 7.70. The highest BCUT2D eigenvalue weighted by molar-refractivity contribution is 6.04. The Morgan fingerprint density at radius 3 is 2.33 bits per heavy atom. The van der Waals surface area contributed by atoms with Crippen molar-refractivity contribution in [3.63, 3.8) is 0 Å². The fraction of sp³-hybridized carbons (Fsp3) is 0.0435. The predicted molar refractivity (Wildman–Crippen MR) is 107 cm³/mol. The Morgan fingerprint density at radius 1 is 0.852 bits per heavy atom. The summed E-state index contributed by atoms with van der Waals surface area (Å²) in [6.07, 6.45) is 4.37. The van der Waals surface area contributed by atoms with E-state index < -0.39 is 0 Å². The van der Waals surface area contributed by atoms with Crippen LogP contribution in [0.2, 0.25) is 0 Å². The largest absolute Gasteiger partial charge is 0.322 e. The first-order valence-electron chi connectivity index (χ1n) is 8.83. The van der Waals surface area contributed by atoms with Crippen LogP contribution in [0, 0.1) is 0 Å². The van der Waals surface area contributed by atoms with E-state index in [-0.39, 0.29) is 5.91 Å². The molecule has 0 aliphatic rings. The first-order valence-corrected chi connectivity index (χ1v) is 8.83. The van der Waals surface area contributed by atoms with Gasteiger partial charge in [0, 0.05) is 23.6 Å². The number of amides is 1. The molecule has 27 heavy (non-hydrogen) atoms. The Hall–Kier alpha value is -3.66. The molecule has 0 aliphatic carbocycles. The van der Waals surface area contributed by atoms with Gasteiger partial charge in [0.1, 0.15) is 0 Å². The number of rotatable bonds is 5. The number of hydrogen-bond acceptors (Lipinski definition) is 2. The van der Waals surface area contributed by atoms with E-state index in [0.29, 0.717) is 5.56 Å². The number of benzene rings is 3. The highest BCUT2D eigenvalue weighted by Crippen LogP contribution is 2.20. The summed E-state index contributed by atoms with van der Waals surface area (Å²) in [4.78, 5) is 12.7. The van der Waals surface area contributed by atoms with E-state index in [0.717, 1.165) is 23.4 Å². The summed E-state index contributed by atoms with van der Waals surface area (Å²) in [7, 11) is 0. The van der Waals surface area contributed by atoms with Gasteiger partial charge in [-0.25, -0.2) is 4.68 Å². The predicted octanol–water partition coefficient (Wildman–Crippen LogP) is 4.72. The molecule has 0 saturated heterocycles. The van der Waals surface area contributed by atoms with Gasteiger partial charge in [-0.05, 0) is 53.9 Å².